The van der Waals surface area contributed by atoms with Crippen molar-refractivity contribution in [3.05, 3.63) is 23.8 Å². The highest BCUT2D eigenvalue weighted by Gasteiger charge is 2.37. The monoisotopic (exact) mass is 228 g/mol. The third-order valence-electron chi connectivity index (χ3n) is 1.89. The molecule has 1 aromatic carbocycles. The summed E-state index contributed by atoms with van der Waals surface area (Å²) in [4.78, 5) is 0. The normalized spacial score (nSPS) is 15.3. The summed E-state index contributed by atoms with van der Waals surface area (Å²) in [6.07, 6.45) is -2.08. The quantitative estimate of drug-likeness (QED) is 0.646. The van der Waals surface area contributed by atoms with E-state index in [0.29, 0.717) is 6.42 Å². The molecule has 1 aliphatic rings. The lowest BCUT2D eigenvalue weighted by Crippen LogP contribution is -2.37. The molecule has 3 N–H and O–H groups in total. The summed E-state index contributed by atoms with van der Waals surface area (Å²) in [6.45, 7) is 4.03. The van der Waals surface area contributed by atoms with Gasteiger partial charge in [-0.15, -0.1) is 0 Å². The highest BCUT2D eigenvalue weighted by atomic mass is 17.0. The molecule has 1 heterocycles. The third kappa shape index (κ3) is 2.85. The second kappa shape index (κ2) is 5.16. The lowest BCUT2D eigenvalue weighted by atomic mass is 10.1. The Labute approximate surface area is 93.9 Å². The highest BCUT2D eigenvalue weighted by Crippen LogP contribution is 2.37. The van der Waals surface area contributed by atoms with Crippen molar-refractivity contribution in [2.75, 3.05) is 6.61 Å². The minimum atomic E-state index is -2.57. The zero-order valence-electron chi connectivity index (χ0n) is 9.30. The Morgan fingerprint density at radius 2 is 1.75 bits per heavy atom. The van der Waals surface area contributed by atoms with Crippen LogP contribution >= 0.6 is 0 Å². The van der Waals surface area contributed by atoms with Gasteiger partial charge in [-0.1, -0.05) is 19.9 Å². The van der Waals surface area contributed by atoms with E-state index in [1.807, 2.05) is 13.8 Å². The molecule has 16 heavy (non-hydrogen) atoms. The van der Waals surface area contributed by atoms with Gasteiger partial charge in [-0.2, -0.15) is 0 Å². The first kappa shape index (κ1) is 12.8. The maximum atomic E-state index is 9.00. The fourth-order valence-corrected chi connectivity index (χ4v) is 1.31. The van der Waals surface area contributed by atoms with E-state index in [-0.39, 0.29) is 18.1 Å². The summed E-state index contributed by atoms with van der Waals surface area (Å²) in [5, 5.41) is 26.7. The smallest absolute Gasteiger partial charge is 0.403 e. The number of hydrogen-bond acceptors (Lipinski definition) is 5. The molecule has 0 fully saturated rings. The van der Waals surface area contributed by atoms with Gasteiger partial charge in [0.25, 0.3) is 0 Å². The van der Waals surface area contributed by atoms with Gasteiger partial charge in [0.1, 0.15) is 0 Å². The number of aliphatic hydroxyl groups excluding tert-OH is 1. The van der Waals surface area contributed by atoms with E-state index in [1.54, 1.807) is 18.2 Å². The second-order valence-corrected chi connectivity index (χ2v) is 3.01. The van der Waals surface area contributed by atoms with Crippen LogP contribution in [0.25, 0.3) is 0 Å². The SMILES string of the molecule is CC.OCCc1ccc2c(c1)OC(O)(O)O2. The van der Waals surface area contributed by atoms with Crippen molar-refractivity contribution in [3.8, 4) is 11.5 Å². The molecule has 0 unspecified atom stereocenters. The molecule has 0 amide bonds. The first-order chi connectivity index (χ1) is 7.61. The number of hydrogen-bond donors (Lipinski definition) is 3. The summed E-state index contributed by atoms with van der Waals surface area (Å²) >= 11 is 0. The van der Waals surface area contributed by atoms with Gasteiger partial charge in [0, 0.05) is 6.61 Å². The first-order valence-corrected chi connectivity index (χ1v) is 5.17. The summed E-state index contributed by atoms with van der Waals surface area (Å²) < 4.78 is 9.34. The van der Waals surface area contributed by atoms with Crippen LogP contribution in [-0.4, -0.2) is 28.1 Å². The molecule has 90 valence electrons. The fraction of sp³-hybridized carbons (Fsp3) is 0.455. The first-order valence-electron chi connectivity index (χ1n) is 5.17. The average Bonchev–Trinajstić information content (AvgIpc) is 2.55. The summed E-state index contributed by atoms with van der Waals surface area (Å²) in [5.41, 5.74) is 0.840. The molecule has 0 spiro atoms. The molecule has 5 nitrogen and oxygen atoms in total. The number of aliphatic hydroxyl groups is 3. The topological polar surface area (TPSA) is 79.2 Å². The molecule has 5 heteroatoms. The summed E-state index contributed by atoms with van der Waals surface area (Å²) in [6, 6.07) is 4.88. The minimum Gasteiger partial charge on any atom is -0.403 e. The number of ether oxygens (including phenoxy) is 2. The van der Waals surface area contributed by atoms with E-state index in [2.05, 4.69) is 9.47 Å². The van der Waals surface area contributed by atoms with Gasteiger partial charge in [-0.25, -0.2) is 0 Å². The van der Waals surface area contributed by atoms with Gasteiger partial charge >= 0.3 is 6.16 Å². The van der Waals surface area contributed by atoms with Crippen LogP contribution in [0, 0.1) is 0 Å². The molecular formula is C11H16O5. The van der Waals surface area contributed by atoms with Crippen molar-refractivity contribution in [1.29, 1.82) is 0 Å². The molecule has 0 radical (unpaired) electrons. The fourth-order valence-electron chi connectivity index (χ4n) is 1.31. The lowest BCUT2D eigenvalue weighted by molar-refractivity contribution is -0.385. The van der Waals surface area contributed by atoms with Crippen LogP contribution in [0.15, 0.2) is 18.2 Å². The van der Waals surface area contributed by atoms with Crippen molar-refractivity contribution in [2.45, 2.75) is 26.4 Å². The Balaban J connectivity index is 0.000000606. The predicted molar refractivity (Wildman–Crippen MR) is 57.0 cm³/mol. The van der Waals surface area contributed by atoms with Crippen molar-refractivity contribution < 1.29 is 24.8 Å². The van der Waals surface area contributed by atoms with Crippen molar-refractivity contribution >= 4 is 0 Å². The predicted octanol–water partition coefficient (Wildman–Crippen LogP) is 0.615. The Kier molecular flexibility index (Phi) is 4.12. The van der Waals surface area contributed by atoms with E-state index >= 15 is 0 Å². The zero-order chi connectivity index (χ0) is 12.2. The van der Waals surface area contributed by atoms with Gasteiger partial charge in [0.05, 0.1) is 0 Å². The largest absolute Gasteiger partial charge is 0.505 e. The Hall–Kier alpha value is -1.30. The highest BCUT2D eigenvalue weighted by molar-refractivity contribution is 5.45. The van der Waals surface area contributed by atoms with Gasteiger partial charge < -0.3 is 14.6 Å². The number of fused-ring (bicyclic) bond motifs is 1. The van der Waals surface area contributed by atoms with Crippen LogP contribution in [-0.2, 0) is 6.42 Å². The van der Waals surface area contributed by atoms with E-state index in [0.717, 1.165) is 5.56 Å². The van der Waals surface area contributed by atoms with Crippen LogP contribution < -0.4 is 9.47 Å². The van der Waals surface area contributed by atoms with E-state index in [9.17, 15) is 0 Å². The standard InChI is InChI=1S/C9H10O5.C2H6/c10-4-3-6-1-2-7-8(5-6)14-9(11,12)13-7;1-2/h1-2,5,10-12H,3-4H2;1-2H3. The second-order valence-electron chi connectivity index (χ2n) is 3.01. The number of rotatable bonds is 2. The molecule has 1 aromatic rings. The lowest BCUT2D eigenvalue weighted by Gasteiger charge is -2.10. The molecule has 0 bridgehead atoms. The van der Waals surface area contributed by atoms with Crippen LogP contribution in [0.2, 0.25) is 0 Å². The summed E-state index contributed by atoms with van der Waals surface area (Å²) in [7, 11) is 0. The molecule has 0 saturated carbocycles. The van der Waals surface area contributed by atoms with Gasteiger partial charge in [-0.05, 0) is 24.1 Å². The summed E-state index contributed by atoms with van der Waals surface area (Å²) in [5.74, 6) is 0.539. The van der Waals surface area contributed by atoms with Crippen molar-refractivity contribution in [2.24, 2.45) is 0 Å². The van der Waals surface area contributed by atoms with E-state index in [1.165, 1.54) is 0 Å². The molecule has 0 atom stereocenters. The molecule has 0 saturated heterocycles. The Morgan fingerprint density at radius 1 is 1.12 bits per heavy atom. The van der Waals surface area contributed by atoms with Gasteiger partial charge in [0.2, 0.25) is 0 Å². The van der Waals surface area contributed by atoms with Crippen molar-refractivity contribution in [3.63, 3.8) is 0 Å². The molecule has 1 aliphatic heterocycles. The maximum Gasteiger partial charge on any atom is 0.505 e. The van der Waals surface area contributed by atoms with Crippen LogP contribution in [0.3, 0.4) is 0 Å². The Morgan fingerprint density at radius 3 is 2.38 bits per heavy atom. The van der Waals surface area contributed by atoms with Gasteiger partial charge in [-0.3, -0.25) is 10.2 Å². The Bertz CT molecular complexity index is 348. The molecular weight excluding hydrogens is 212 g/mol. The molecule has 0 aromatic heterocycles. The minimum absolute atomic E-state index is 0.0308. The average molecular weight is 228 g/mol. The van der Waals surface area contributed by atoms with E-state index in [4.69, 9.17) is 15.3 Å². The van der Waals surface area contributed by atoms with E-state index < -0.39 is 6.16 Å². The van der Waals surface area contributed by atoms with Gasteiger partial charge in [0.15, 0.2) is 11.5 Å². The van der Waals surface area contributed by atoms with Crippen LogP contribution in [0.5, 0.6) is 11.5 Å². The maximum absolute atomic E-state index is 9.00. The molecule has 0 aliphatic carbocycles. The third-order valence-corrected chi connectivity index (χ3v) is 1.89. The van der Waals surface area contributed by atoms with Crippen molar-refractivity contribution in [1.82, 2.24) is 0 Å². The molecule has 2 rings (SSSR count). The van der Waals surface area contributed by atoms with Crippen LogP contribution in [0.4, 0.5) is 0 Å². The number of benzene rings is 1. The van der Waals surface area contributed by atoms with Crippen LogP contribution in [0.1, 0.15) is 19.4 Å². The zero-order valence-corrected chi connectivity index (χ0v) is 9.30.